The first kappa shape index (κ1) is 19.4. The summed E-state index contributed by atoms with van der Waals surface area (Å²) in [6.07, 6.45) is -1.00. The van der Waals surface area contributed by atoms with Crippen molar-refractivity contribution in [2.24, 2.45) is 5.41 Å². The van der Waals surface area contributed by atoms with Gasteiger partial charge in [-0.25, -0.2) is 9.09 Å². The van der Waals surface area contributed by atoms with Gasteiger partial charge >= 0.3 is 13.8 Å². The van der Waals surface area contributed by atoms with Crippen molar-refractivity contribution in [3.05, 3.63) is 34.9 Å². The molecule has 134 valence electrons. The fraction of sp³-hybridized carbons (Fsp3) is 0.562. The van der Waals surface area contributed by atoms with E-state index in [0.717, 1.165) is 5.56 Å². The van der Waals surface area contributed by atoms with Gasteiger partial charge in [0, 0.05) is 11.4 Å². The van der Waals surface area contributed by atoms with E-state index >= 15 is 0 Å². The summed E-state index contributed by atoms with van der Waals surface area (Å²) in [5, 5.41) is 0.561. The van der Waals surface area contributed by atoms with E-state index in [2.05, 4.69) is 0 Å². The zero-order valence-electron chi connectivity index (χ0n) is 14.2. The number of halogens is 1. The highest BCUT2D eigenvalue weighted by Crippen LogP contribution is 2.57. The average Bonchev–Trinajstić information content (AvgIpc) is 2.45. The summed E-state index contributed by atoms with van der Waals surface area (Å²) in [7, 11) is -3.84. The normalized spacial score (nSPS) is 26.0. The number of phosphoric acid groups is 1. The van der Waals surface area contributed by atoms with Crippen molar-refractivity contribution in [1.82, 2.24) is 0 Å². The number of benzene rings is 1. The molecule has 1 heterocycles. The number of phosphoric ester groups is 1. The molecule has 1 aromatic carbocycles. The minimum absolute atomic E-state index is 0.203. The zero-order valence-corrected chi connectivity index (χ0v) is 15.8. The molecule has 3 atom stereocenters. The first-order chi connectivity index (χ1) is 11.1. The molecule has 24 heavy (non-hydrogen) atoms. The summed E-state index contributed by atoms with van der Waals surface area (Å²) in [6, 6.07) is 7.10. The lowest BCUT2D eigenvalue weighted by Crippen LogP contribution is -2.28. The van der Waals surface area contributed by atoms with Crippen LogP contribution in [0.2, 0.25) is 5.02 Å². The van der Waals surface area contributed by atoms with Crippen LogP contribution in [-0.2, 0) is 27.7 Å². The van der Waals surface area contributed by atoms with Gasteiger partial charge < -0.3 is 4.74 Å². The molecule has 8 heteroatoms. The smallest absolute Gasteiger partial charge is 0.435 e. The van der Waals surface area contributed by atoms with Gasteiger partial charge in [-0.2, -0.15) is 0 Å². The molecule has 0 aliphatic carbocycles. The van der Waals surface area contributed by atoms with Crippen molar-refractivity contribution in [2.75, 3.05) is 6.61 Å². The lowest BCUT2D eigenvalue weighted by molar-refractivity contribution is -0.174. The number of ether oxygens (including phenoxy) is 1. The average molecular weight is 377 g/mol. The summed E-state index contributed by atoms with van der Waals surface area (Å²) >= 11 is 5.97. The second kappa shape index (κ2) is 7.54. The topological polar surface area (TPSA) is 71.1 Å². The molecule has 0 bridgehead atoms. The van der Waals surface area contributed by atoms with Crippen molar-refractivity contribution >= 4 is 25.4 Å². The monoisotopic (exact) mass is 376 g/mol. The lowest BCUT2D eigenvalue weighted by Gasteiger charge is -2.31. The van der Waals surface area contributed by atoms with Crippen LogP contribution < -0.4 is 0 Å². The number of hydrogen-bond donors (Lipinski definition) is 0. The van der Waals surface area contributed by atoms with E-state index in [1.165, 1.54) is 6.92 Å². The van der Waals surface area contributed by atoms with E-state index in [4.69, 9.17) is 29.9 Å². The first-order valence-electron chi connectivity index (χ1n) is 7.67. The van der Waals surface area contributed by atoms with Crippen LogP contribution in [0.4, 0.5) is 0 Å². The van der Waals surface area contributed by atoms with Crippen LogP contribution in [0.25, 0.3) is 0 Å². The van der Waals surface area contributed by atoms with Gasteiger partial charge in [0.2, 0.25) is 6.29 Å². The summed E-state index contributed by atoms with van der Waals surface area (Å²) in [4.78, 5) is 11.9. The summed E-state index contributed by atoms with van der Waals surface area (Å²) < 4.78 is 33.7. The van der Waals surface area contributed by atoms with Gasteiger partial charge in [-0.1, -0.05) is 23.7 Å². The summed E-state index contributed by atoms with van der Waals surface area (Å²) in [5.41, 5.74) is 0.0953. The van der Waals surface area contributed by atoms with Gasteiger partial charge in [0.1, 0.15) is 0 Å². The molecule has 1 saturated heterocycles. The Morgan fingerprint density at radius 2 is 2.12 bits per heavy atom. The van der Waals surface area contributed by atoms with E-state index in [1.54, 1.807) is 39.0 Å². The van der Waals surface area contributed by atoms with Crippen LogP contribution in [-0.4, -0.2) is 18.9 Å². The molecular weight excluding hydrogens is 355 g/mol. The number of carbonyl (C=O) groups is 1. The Kier molecular flexibility index (Phi) is 6.10. The fourth-order valence-corrected chi connectivity index (χ4v) is 3.68. The van der Waals surface area contributed by atoms with Crippen molar-refractivity contribution in [3.8, 4) is 0 Å². The molecule has 0 spiro atoms. The quantitative estimate of drug-likeness (QED) is 0.424. The molecule has 2 rings (SSSR count). The molecule has 1 aliphatic heterocycles. The van der Waals surface area contributed by atoms with Crippen LogP contribution >= 0.6 is 19.4 Å². The van der Waals surface area contributed by atoms with E-state index in [0.29, 0.717) is 11.4 Å². The van der Waals surface area contributed by atoms with Crippen molar-refractivity contribution < 1.29 is 27.7 Å². The Bertz CT molecular complexity index is 642. The molecule has 1 aromatic rings. The predicted octanol–water partition coefficient (Wildman–Crippen LogP) is 4.88. The third-order valence-corrected chi connectivity index (χ3v) is 5.07. The zero-order chi connectivity index (χ0) is 18.0. The van der Waals surface area contributed by atoms with Crippen LogP contribution in [0.3, 0.4) is 0 Å². The molecule has 2 unspecified atom stereocenters. The fourth-order valence-electron chi connectivity index (χ4n) is 2.03. The van der Waals surface area contributed by atoms with Crippen LogP contribution in [0.15, 0.2) is 24.3 Å². The predicted molar refractivity (Wildman–Crippen MR) is 89.5 cm³/mol. The largest absolute Gasteiger partial charge is 0.478 e. The third-order valence-electron chi connectivity index (χ3n) is 3.27. The van der Waals surface area contributed by atoms with E-state index in [9.17, 15) is 9.36 Å². The third kappa shape index (κ3) is 5.30. The van der Waals surface area contributed by atoms with Crippen LogP contribution in [0.1, 0.15) is 45.8 Å². The van der Waals surface area contributed by atoms with E-state index < -0.39 is 31.6 Å². The maximum atomic E-state index is 12.7. The highest BCUT2D eigenvalue weighted by molar-refractivity contribution is 7.48. The molecule has 0 aromatic heterocycles. The van der Waals surface area contributed by atoms with Crippen molar-refractivity contribution in [3.63, 3.8) is 0 Å². The Morgan fingerprint density at radius 1 is 1.42 bits per heavy atom. The summed E-state index contributed by atoms with van der Waals surface area (Å²) in [6.45, 7) is 6.82. The van der Waals surface area contributed by atoms with Gasteiger partial charge in [-0.05, 0) is 45.4 Å². The van der Waals surface area contributed by atoms with Gasteiger partial charge in [0.15, 0.2) is 0 Å². The van der Waals surface area contributed by atoms with E-state index in [-0.39, 0.29) is 6.61 Å². The number of hydrogen-bond acceptors (Lipinski definition) is 6. The first-order valence-corrected chi connectivity index (χ1v) is 9.51. The van der Waals surface area contributed by atoms with Crippen molar-refractivity contribution in [2.45, 2.75) is 46.5 Å². The highest BCUT2D eigenvalue weighted by atomic mass is 35.5. The molecular formula is C16H22ClO6P. The Labute approximate surface area is 147 Å². The molecule has 6 nitrogen and oxygen atoms in total. The number of rotatable bonds is 4. The van der Waals surface area contributed by atoms with E-state index in [1.807, 2.05) is 6.07 Å². The van der Waals surface area contributed by atoms with Gasteiger partial charge in [0.05, 0.1) is 18.1 Å². The molecule has 1 fully saturated rings. The van der Waals surface area contributed by atoms with Gasteiger partial charge in [0.25, 0.3) is 0 Å². The SMILES string of the molecule is CC(OC(=O)C(C)(C)C)OP1(=O)OCC[C@@H](c2cccc(Cl)c2)O1. The maximum absolute atomic E-state index is 12.7. The van der Waals surface area contributed by atoms with Crippen LogP contribution in [0.5, 0.6) is 0 Å². The minimum atomic E-state index is -3.84. The Morgan fingerprint density at radius 3 is 2.75 bits per heavy atom. The molecule has 0 saturated carbocycles. The van der Waals surface area contributed by atoms with Gasteiger partial charge in [-0.15, -0.1) is 0 Å². The molecule has 0 amide bonds. The second-order valence-corrected chi connectivity index (χ2v) is 8.56. The lowest BCUT2D eigenvalue weighted by atomic mass is 9.97. The molecule has 0 N–H and O–H groups in total. The van der Waals surface area contributed by atoms with Crippen molar-refractivity contribution in [1.29, 1.82) is 0 Å². The number of carbonyl (C=O) groups excluding carboxylic acids is 1. The summed E-state index contributed by atoms with van der Waals surface area (Å²) in [5.74, 6) is -0.468. The highest BCUT2D eigenvalue weighted by Gasteiger charge is 2.39. The molecule has 0 radical (unpaired) electrons. The standard InChI is InChI=1S/C16H22ClO6P/c1-11(21-15(18)16(2,3)4)22-24(19)20-9-8-14(23-24)12-6-5-7-13(17)10-12/h5-7,10-11,14H,8-9H2,1-4H3/t11?,14-,24?/m0/s1. The number of esters is 1. The Balaban J connectivity index is 2.01. The van der Waals surface area contributed by atoms with Gasteiger partial charge in [-0.3, -0.25) is 13.8 Å². The minimum Gasteiger partial charge on any atom is -0.435 e. The van der Waals surface area contributed by atoms with Crippen LogP contribution in [0, 0.1) is 5.41 Å². The second-order valence-electron chi connectivity index (χ2n) is 6.55. The molecule has 1 aliphatic rings. The maximum Gasteiger partial charge on any atom is 0.478 e. The Hall–Kier alpha value is -0.910.